The first-order valence-electron chi connectivity index (χ1n) is 4.39. The molecule has 0 aromatic heterocycles. The predicted molar refractivity (Wildman–Crippen MR) is 62.7 cm³/mol. The number of ether oxygens (including phenoxy) is 1. The number of rotatable bonds is 1. The standard InChI is InChI=1S/C10H12BrNO.ClH/c1-7-6-13-10(12-7)8-3-2-4-9(11)5-8;/h2-5,7,10,12H,6H2,1H3;1H. The van der Waals surface area contributed by atoms with E-state index >= 15 is 0 Å². The summed E-state index contributed by atoms with van der Waals surface area (Å²) in [5.41, 5.74) is 1.18. The largest absolute Gasteiger partial charge is 0.357 e. The molecule has 2 unspecified atom stereocenters. The number of benzene rings is 1. The molecular weight excluding hydrogens is 265 g/mol. The molecule has 1 aromatic rings. The van der Waals surface area contributed by atoms with Crippen LogP contribution in [0.15, 0.2) is 28.7 Å². The number of halogens is 2. The van der Waals surface area contributed by atoms with Gasteiger partial charge in [-0.25, -0.2) is 0 Å². The molecule has 1 aliphatic rings. The summed E-state index contributed by atoms with van der Waals surface area (Å²) in [5.74, 6) is 0. The van der Waals surface area contributed by atoms with Crippen molar-refractivity contribution in [3.8, 4) is 0 Å². The summed E-state index contributed by atoms with van der Waals surface area (Å²) in [4.78, 5) is 0. The van der Waals surface area contributed by atoms with Crippen LogP contribution in [-0.4, -0.2) is 12.6 Å². The van der Waals surface area contributed by atoms with Gasteiger partial charge in [0.05, 0.1) is 6.61 Å². The van der Waals surface area contributed by atoms with Crippen molar-refractivity contribution in [3.05, 3.63) is 34.3 Å². The summed E-state index contributed by atoms with van der Waals surface area (Å²) >= 11 is 3.44. The molecule has 0 saturated carbocycles. The molecular formula is C10H13BrClNO. The fourth-order valence-corrected chi connectivity index (χ4v) is 1.87. The first kappa shape index (κ1) is 12.0. The Hall–Kier alpha value is -0.0900. The summed E-state index contributed by atoms with van der Waals surface area (Å²) < 4.78 is 6.67. The molecule has 2 rings (SSSR count). The Kier molecular flexibility index (Phi) is 4.38. The molecule has 0 radical (unpaired) electrons. The van der Waals surface area contributed by atoms with Gasteiger partial charge >= 0.3 is 0 Å². The lowest BCUT2D eigenvalue weighted by atomic mass is 10.2. The zero-order chi connectivity index (χ0) is 9.26. The van der Waals surface area contributed by atoms with Crippen LogP contribution in [0, 0.1) is 0 Å². The second kappa shape index (κ2) is 5.12. The molecule has 1 heterocycles. The van der Waals surface area contributed by atoms with Crippen LogP contribution in [0.3, 0.4) is 0 Å². The molecule has 2 nitrogen and oxygen atoms in total. The van der Waals surface area contributed by atoms with Crippen LogP contribution in [0.2, 0.25) is 0 Å². The van der Waals surface area contributed by atoms with Crippen molar-refractivity contribution < 1.29 is 4.74 Å². The van der Waals surface area contributed by atoms with Crippen molar-refractivity contribution in [3.63, 3.8) is 0 Å². The second-order valence-corrected chi connectivity index (χ2v) is 4.25. The molecule has 0 spiro atoms. The van der Waals surface area contributed by atoms with E-state index in [2.05, 4.69) is 40.3 Å². The van der Waals surface area contributed by atoms with E-state index in [1.54, 1.807) is 0 Å². The third-order valence-electron chi connectivity index (χ3n) is 2.10. The lowest BCUT2D eigenvalue weighted by molar-refractivity contribution is 0.101. The fraction of sp³-hybridized carbons (Fsp3) is 0.400. The summed E-state index contributed by atoms with van der Waals surface area (Å²) in [6.07, 6.45) is 0.0625. The SMILES string of the molecule is CC1COC(c2cccc(Br)c2)N1.Cl. The highest BCUT2D eigenvalue weighted by atomic mass is 79.9. The highest BCUT2D eigenvalue weighted by molar-refractivity contribution is 9.10. The third kappa shape index (κ3) is 2.70. The molecule has 14 heavy (non-hydrogen) atoms. The van der Waals surface area contributed by atoms with Gasteiger partial charge in [-0.05, 0) is 24.6 Å². The van der Waals surface area contributed by atoms with Gasteiger partial charge in [0, 0.05) is 10.5 Å². The number of nitrogens with one attached hydrogen (secondary N) is 1. The molecule has 1 aliphatic heterocycles. The monoisotopic (exact) mass is 277 g/mol. The van der Waals surface area contributed by atoms with E-state index in [-0.39, 0.29) is 18.6 Å². The Morgan fingerprint density at radius 1 is 1.50 bits per heavy atom. The lowest BCUT2D eigenvalue weighted by Gasteiger charge is -2.10. The minimum absolute atomic E-state index is 0. The van der Waals surface area contributed by atoms with Crippen LogP contribution in [0.25, 0.3) is 0 Å². The third-order valence-corrected chi connectivity index (χ3v) is 2.59. The summed E-state index contributed by atoms with van der Waals surface area (Å²) in [7, 11) is 0. The van der Waals surface area contributed by atoms with Crippen LogP contribution in [-0.2, 0) is 4.74 Å². The van der Waals surface area contributed by atoms with E-state index in [1.807, 2.05) is 12.1 Å². The molecule has 1 fully saturated rings. The fourth-order valence-electron chi connectivity index (χ4n) is 1.46. The lowest BCUT2D eigenvalue weighted by Crippen LogP contribution is -2.22. The van der Waals surface area contributed by atoms with Crippen molar-refractivity contribution in [1.29, 1.82) is 0 Å². The van der Waals surface area contributed by atoms with Crippen molar-refractivity contribution in [1.82, 2.24) is 5.32 Å². The van der Waals surface area contributed by atoms with Crippen molar-refractivity contribution in [2.24, 2.45) is 0 Å². The maximum absolute atomic E-state index is 5.57. The van der Waals surface area contributed by atoms with Gasteiger partial charge in [0.15, 0.2) is 0 Å². The molecule has 78 valence electrons. The van der Waals surface area contributed by atoms with Crippen molar-refractivity contribution >= 4 is 28.3 Å². The molecule has 0 bridgehead atoms. The van der Waals surface area contributed by atoms with Gasteiger partial charge in [0.25, 0.3) is 0 Å². The maximum atomic E-state index is 5.57. The van der Waals surface area contributed by atoms with E-state index in [1.165, 1.54) is 5.56 Å². The van der Waals surface area contributed by atoms with Gasteiger partial charge in [0.1, 0.15) is 6.23 Å². The highest BCUT2D eigenvalue weighted by Gasteiger charge is 2.21. The quantitative estimate of drug-likeness (QED) is 0.853. The van der Waals surface area contributed by atoms with Crippen LogP contribution in [0.5, 0.6) is 0 Å². The van der Waals surface area contributed by atoms with Gasteiger partial charge in [-0.1, -0.05) is 28.1 Å². The first-order chi connectivity index (χ1) is 6.25. The van der Waals surface area contributed by atoms with Crippen LogP contribution >= 0.6 is 28.3 Å². The zero-order valence-corrected chi connectivity index (χ0v) is 10.3. The molecule has 1 aromatic carbocycles. The maximum Gasteiger partial charge on any atom is 0.134 e. The molecule has 1 N–H and O–H groups in total. The van der Waals surface area contributed by atoms with Gasteiger partial charge in [0.2, 0.25) is 0 Å². The van der Waals surface area contributed by atoms with E-state index in [4.69, 9.17) is 4.74 Å². The number of hydrogen-bond donors (Lipinski definition) is 1. The molecule has 4 heteroatoms. The van der Waals surface area contributed by atoms with E-state index in [0.29, 0.717) is 6.04 Å². The minimum atomic E-state index is 0. The van der Waals surface area contributed by atoms with Gasteiger partial charge < -0.3 is 4.74 Å². The average Bonchev–Trinajstić information content (AvgIpc) is 2.52. The van der Waals surface area contributed by atoms with E-state index in [9.17, 15) is 0 Å². The highest BCUT2D eigenvalue weighted by Crippen LogP contribution is 2.22. The van der Waals surface area contributed by atoms with Gasteiger partial charge in [-0.15, -0.1) is 12.4 Å². The Morgan fingerprint density at radius 2 is 2.29 bits per heavy atom. The Labute approximate surface area is 98.6 Å². The van der Waals surface area contributed by atoms with Crippen LogP contribution in [0.1, 0.15) is 18.7 Å². The Balaban J connectivity index is 0.000000980. The first-order valence-corrected chi connectivity index (χ1v) is 5.18. The van der Waals surface area contributed by atoms with Crippen LogP contribution < -0.4 is 5.32 Å². The van der Waals surface area contributed by atoms with Gasteiger partial charge in [-0.3, -0.25) is 5.32 Å². The van der Waals surface area contributed by atoms with Crippen molar-refractivity contribution in [2.75, 3.05) is 6.61 Å². The van der Waals surface area contributed by atoms with E-state index < -0.39 is 0 Å². The normalized spacial score (nSPS) is 25.9. The second-order valence-electron chi connectivity index (χ2n) is 3.34. The zero-order valence-electron chi connectivity index (χ0n) is 7.87. The molecule has 1 saturated heterocycles. The van der Waals surface area contributed by atoms with Crippen LogP contribution in [0.4, 0.5) is 0 Å². The number of hydrogen-bond acceptors (Lipinski definition) is 2. The summed E-state index contributed by atoms with van der Waals surface area (Å²) in [6, 6.07) is 8.63. The summed E-state index contributed by atoms with van der Waals surface area (Å²) in [5, 5.41) is 3.35. The van der Waals surface area contributed by atoms with Crippen molar-refractivity contribution in [2.45, 2.75) is 19.2 Å². The average molecular weight is 279 g/mol. The molecule has 0 amide bonds. The Bertz CT molecular complexity index is 308. The Morgan fingerprint density at radius 3 is 2.86 bits per heavy atom. The minimum Gasteiger partial charge on any atom is -0.357 e. The van der Waals surface area contributed by atoms with E-state index in [0.717, 1.165) is 11.1 Å². The summed E-state index contributed by atoms with van der Waals surface area (Å²) in [6.45, 7) is 2.91. The molecule has 2 atom stereocenters. The topological polar surface area (TPSA) is 21.3 Å². The van der Waals surface area contributed by atoms with Gasteiger partial charge in [-0.2, -0.15) is 0 Å². The molecule has 0 aliphatic carbocycles. The predicted octanol–water partition coefficient (Wildman–Crippen LogP) is 2.88. The smallest absolute Gasteiger partial charge is 0.134 e.